The molecule has 1 rings (SSSR count). The molecular weight excluding hydrogens is 247 g/mol. The fourth-order valence-corrected chi connectivity index (χ4v) is 1.46. The monoisotopic (exact) mass is 263 g/mol. The fraction of sp³-hybridized carbons (Fsp3) is 0.636. The minimum Gasteiger partial charge on any atom is -0.477 e. The molecule has 0 aliphatic heterocycles. The molecule has 7 heteroatoms. The summed E-state index contributed by atoms with van der Waals surface area (Å²) in [5, 5.41) is 0. The van der Waals surface area contributed by atoms with Crippen molar-refractivity contribution in [3.8, 4) is 5.88 Å². The first kappa shape index (κ1) is 14.5. The molecule has 1 aromatic rings. The van der Waals surface area contributed by atoms with Crippen molar-refractivity contribution in [2.45, 2.75) is 38.8 Å². The van der Waals surface area contributed by atoms with Gasteiger partial charge >= 0.3 is 6.18 Å². The molecule has 0 unspecified atom stereocenters. The highest BCUT2D eigenvalue weighted by Crippen LogP contribution is 2.23. The summed E-state index contributed by atoms with van der Waals surface area (Å²) < 4.78 is 41.1. The Balaban J connectivity index is 2.54. The van der Waals surface area contributed by atoms with E-state index in [1.165, 1.54) is 6.33 Å². The average molecular weight is 263 g/mol. The van der Waals surface area contributed by atoms with Crippen LogP contribution < -0.4 is 10.5 Å². The second kappa shape index (κ2) is 6.42. The molecule has 0 aliphatic carbocycles. The van der Waals surface area contributed by atoms with Crippen LogP contribution in [0.2, 0.25) is 0 Å². The van der Waals surface area contributed by atoms with Crippen LogP contribution in [0.4, 0.5) is 19.0 Å². The third-order valence-electron chi connectivity index (χ3n) is 2.28. The van der Waals surface area contributed by atoms with Crippen LogP contribution in [0.15, 0.2) is 6.33 Å². The third-order valence-corrected chi connectivity index (χ3v) is 2.28. The molecule has 1 heterocycles. The third kappa shape index (κ3) is 4.77. The van der Waals surface area contributed by atoms with Gasteiger partial charge in [0.25, 0.3) is 0 Å². The minimum absolute atomic E-state index is 0.0350. The molecule has 0 saturated carbocycles. The van der Waals surface area contributed by atoms with Crippen LogP contribution in [0.5, 0.6) is 5.88 Å². The van der Waals surface area contributed by atoms with Crippen molar-refractivity contribution in [3.05, 3.63) is 11.9 Å². The van der Waals surface area contributed by atoms with Crippen LogP contribution in [0, 0.1) is 0 Å². The molecule has 0 amide bonds. The first-order valence-corrected chi connectivity index (χ1v) is 5.73. The summed E-state index contributed by atoms with van der Waals surface area (Å²) in [4.78, 5) is 7.73. The molecule has 0 atom stereocenters. The number of hydrogen-bond acceptors (Lipinski definition) is 4. The number of alkyl halides is 3. The predicted molar refractivity (Wildman–Crippen MR) is 61.2 cm³/mol. The SMILES string of the molecule is CCCc1c(N)ncnc1OCCCC(F)(F)F. The van der Waals surface area contributed by atoms with Gasteiger partial charge in [0, 0.05) is 6.42 Å². The van der Waals surface area contributed by atoms with Crippen molar-refractivity contribution in [1.82, 2.24) is 9.97 Å². The molecule has 0 aliphatic rings. The van der Waals surface area contributed by atoms with Crippen molar-refractivity contribution < 1.29 is 17.9 Å². The maximum Gasteiger partial charge on any atom is 0.389 e. The van der Waals surface area contributed by atoms with Gasteiger partial charge in [-0.2, -0.15) is 13.2 Å². The Kier molecular flexibility index (Phi) is 5.18. The zero-order valence-electron chi connectivity index (χ0n) is 10.1. The van der Waals surface area contributed by atoms with Crippen molar-refractivity contribution in [3.63, 3.8) is 0 Å². The lowest BCUT2D eigenvalue weighted by molar-refractivity contribution is -0.136. The Labute approximate surface area is 103 Å². The van der Waals surface area contributed by atoms with Crippen molar-refractivity contribution in [2.24, 2.45) is 0 Å². The molecular formula is C11H16F3N3O. The molecule has 0 aromatic carbocycles. The lowest BCUT2D eigenvalue weighted by atomic mass is 10.2. The summed E-state index contributed by atoms with van der Waals surface area (Å²) in [5.41, 5.74) is 6.33. The number of nitrogens with two attached hydrogens (primary N) is 1. The second-order valence-corrected chi connectivity index (χ2v) is 3.86. The van der Waals surface area contributed by atoms with Gasteiger partial charge in [-0.05, 0) is 12.8 Å². The highest BCUT2D eigenvalue weighted by Gasteiger charge is 2.26. The van der Waals surface area contributed by atoms with Crippen molar-refractivity contribution >= 4 is 5.82 Å². The lowest BCUT2D eigenvalue weighted by Crippen LogP contribution is -2.11. The molecule has 4 nitrogen and oxygen atoms in total. The molecule has 0 radical (unpaired) electrons. The van der Waals surface area contributed by atoms with Gasteiger partial charge in [0.1, 0.15) is 12.1 Å². The van der Waals surface area contributed by atoms with Gasteiger partial charge in [0.15, 0.2) is 0 Å². The van der Waals surface area contributed by atoms with Crippen LogP contribution in [0.3, 0.4) is 0 Å². The fourth-order valence-electron chi connectivity index (χ4n) is 1.46. The zero-order chi connectivity index (χ0) is 13.6. The summed E-state index contributed by atoms with van der Waals surface area (Å²) in [6.45, 7) is 1.92. The van der Waals surface area contributed by atoms with Crippen LogP contribution in [0.1, 0.15) is 31.7 Å². The molecule has 0 bridgehead atoms. The highest BCUT2D eigenvalue weighted by atomic mass is 19.4. The van der Waals surface area contributed by atoms with E-state index in [1.807, 2.05) is 6.92 Å². The summed E-state index contributed by atoms with van der Waals surface area (Å²) in [7, 11) is 0. The largest absolute Gasteiger partial charge is 0.477 e. The first-order valence-electron chi connectivity index (χ1n) is 5.73. The van der Waals surface area contributed by atoms with Gasteiger partial charge in [-0.25, -0.2) is 9.97 Å². The predicted octanol–water partition coefficient (Wildman–Crippen LogP) is 2.73. The Hall–Kier alpha value is -1.53. The molecule has 1 aromatic heterocycles. The quantitative estimate of drug-likeness (QED) is 0.802. The normalized spacial score (nSPS) is 11.6. The number of aromatic nitrogens is 2. The van der Waals surface area contributed by atoms with Gasteiger partial charge in [-0.3, -0.25) is 0 Å². The first-order chi connectivity index (χ1) is 8.44. The minimum atomic E-state index is -4.15. The Morgan fingerprint density at radius 2 is 2.06 bits per heavy atom. The Morgan fingerprint density at radius 3 is 2.67 bits per heavy atom. The van der Waals surface area contributed by atoms with Crippen LogP contribution in [-0.2, 0) is 6.42 Å². The molecule has 102 valence electrons. The second-order valence-electron chi connectivity index (χ2n) is 3.86. The molecule has 0 fully saturated rings. The maximum atomic E-state index is 11.9. The maximum absolute atomic E-state index is 11.9. The van der Waals surface area contributed by atoms with Crippen LogP contribution >= 0.6 is 0 Å². The van der Waals surface area contributed by atoms with E-state index in [-0.39, 0.29) is 18.9 Å². The van der Waals surface area contributed by atoms with Gasteiger partial charge in [0.05, 0.1) is 12.2 Å². The van der Waals surface area contributed by atoms with E-state index in [2.05, 4.69) is 9.97 Å². The van der Waals surface area contributed by atoms with Crippen LogP contribution in [-0.4, -0.2) is 22.8 Å². The number of nitrogen functional groups attached to an aromatic ring is 1. The van der Waals surface area contributed by atoms with E-state index in [9.17, 15) is 13.2 Å². The van der Waals surface area contributed by atoms with E-state index in [0.717, 1.165) is 6.42 Å². The van der Waals surface area contributed by atoms with E-state index in [1.54, 1.807) is 0 Å². The molecule has 18 heavy (non-hydrogen) atoms. The van der Waals surface area contributed by atoms with E-state index < -0.39 is 12.6 Å². The lowest BCUT2D eigenvalue weighted by Gasteiger charge is -2.11. The summed E-state index contributed by atoms with van der Waals surface area (Å²) in [6, 6.07) is 0. The van der Waals surface area contributed by atoms with Crippen LogP contribution in [0.25, 0.3) is 0 Å². The topological polar surface area (TPSA) is 61.0 Å². The van der Waals surface area contributed by atoms with E-state index in [0.29, 0.717) is 17.8 Å². The zero-order valence-corrected chi connectivity index (χ0v) is 10.1. The van der Waals surface area contributed by atoms with Gasteiger partial charge < -0.3 is 10.5 Å². The number of hydrogen-bond donors (Lipinski definition) is 1. The Bertz CT molecular complexity index is 382. The summed E-state index contributed by atoms with van der Waals surface area (Å²) in [6.07, 6.45) is -2.40. The highest BCUT2D eigenvalue weighted by molar-refractivity contribution is 5.44. The van der Waals surface area contributed by atoms with Gasteiger partial charge in [-0.15, -0.1) is 0 Å². The summed E-state index contributed by atoms with van der Waals surface area (Å²) >= 11 is 0. The smallest absolute Gasteiger partial charge is 0.389 e. The van der Waals surface area contributed by atoms with E-state index in [4.69, 9.17) is 10.5 Å². The number of halogens is 3. The van der Waals surface area contributed by atoms with Crippen molar-refractivity contribution in [1.29, 1.82) is 0 Å². The van der Waals surface area contributed by atoms with Gasteiger partial charge in [0.2, 0.25) is 5.88 Å². The van der Waals surface area contributed by atoms with E-state index >= 15 is 0 Å². The standard InChI is InChI=1S/C11H16F3N3O/c1-2-4-8-9(15)16-7-17-10(8)18-6-3-5-11(12,13)14/h7H,2-6H2,1H3,(H2,15,16,17). The molecule has 0 saturated heterocycles. The number of anilines is 1. The summed E-state index contributed by atoms with van der Waals surface area (Å²) in [5.74, 6) is 0.601. The number of ether oxygens (including phenoxy) is 1. The van der Waals surface area contributed by atoms with Crippen molar-refractivity contribution in [2.75, 3.05) is 12.3 Å². The Morgan fingerprint density at radius 1 is 1.33 bits per heavy atom. The molecule has 2 N–H and O–H groups in total. The van der Waals surface area contributed by atoms with Gasteiger partial charge in [-0.1, -0.05) is 13.3 Å². The average Bonchev–Trinajstić information content (AvgIpc) is 2.27. The number of rotatable bonds is 6. The number of nitrogens with zero attached hydrogens (tertiary/aromatic N) is 2. The molecule has 0 spiro atoms.